The van der Waals surface area contributed by atoms with Crippen molar-refractivity contribution in [3.63, 3.8) is 0 Å². The van der Waals surface area contributed by atoms with Crippen LogP contribution in [-0.2, 0) is 4.79 Å². The number of nitrogens with zero attached hydrogens (tertiary/aromatic N) is 1. The first-order valence-corrected chi connectivity index (χ1v) is 7.20. The van der Waals surface area contributed by atoms with E-state index in [1.165, 1.54) is 29.5 Å². The van der Waals surface area contributed by atoms with Crippen LogP contribution in [-0.4, -0.2) is 10.8 Å². The summed E-state index contributed by atoms with van der Waals surface area (Å²) >= 11 is 4.61. The summed E-state index contributed by atoms with van der Waals surface area (Å²) in [7, 11) is 0. The molecule has 1 atom stereocenters. The predicted molar refractivity (Wildman–Crippen MR) is 80.7 cm³/mol. The van der Waals surface area contributed by atoms with Crippen molar-refractivity contribution in [1.29, 1.82) is 0 Å². The number of rotatable bonds is 4. The third-order valence-electron chi connectivity index (χ3n) is 2.55. The van der Waals surface area contributed by atoms with E-state index in [1.807, 2.05) is 5.38 Å². The normalized spacial score (nSPS) is 11.9. The number of halogens is 1. The van der Waals surface area contributed by atoms with E-state index in [4.69, 9.17) is 5.73 Å². The SMILES string of the molecule is NC(C(=O)Nc1cc([N+](=O)[O-])ccc1Br)c1cccs1. The molecule has 104 valence electrons. The van der Waals surface area contributed by atoms with Gasteiger partial charge in [-0.05, 0) is 33.4 Å². The lowest BCUT2D eigenvalue weighted by Crippen LogP contribution is -2.27. The highest BCUT2D eigenvalue weighted by molar-refractivity contribution is 9.10. The highest BCUT2D eigenvalue weighted by Gasteiger charge is 2.19. The molecule has 0 saturated carbocycles. The lowest BCUT2D eigenvalue weighted by atomic mass is 10.2. The molecule has 0 bridgehead atoms. The molecule has 0 fully saturated rings. The molecule has 1 heterocycles. The maximum absolute atomic E-state index is 12.0. The minimum atomic E-state index is -0.804. The van der Waals surface area contributed by atoms with E-state index in [1.54, 1.807) is 12.1 Å². The third-order valence-corrected chi connectivity index (χ3v) is 4.20. The zero-order valence-corrected chi connectivity index (χ0v) is 12.5. The van der Waals surface area contributed by atoms with Crippen LogP contribution in [0.15, 0.2) is 40.2 Å². The van der Waals surface area contributed by atoms with E-state index in [-0.39, 0.29) is 5.69 Å². The number of anilines is 1. The number of hydrogen-bond donors (Lipinski definition) is 2. The molecule has 3 N–H and O–H groups in total. The Bertz CT molecular complexity index is 645. The molecule has 8 heteroatoms. The average molecular weight is 356 g/mol. The standard InChI is InChI=1S/C12H10BrN3O3S/c13-8-4-3-7(16(18)19)6-9(8)15-12(17)11(14)10-2-1-5-20-10/h1-6,11H,14H2,(H,15,17). The molecular weight excluding hydrogens is 346 g/mol. The molecule has 0 aliphatic carbocycles. The summed E-state index contributed by atoms with van der Waals surface area (Å²) in [6.07, 6.45) is 0. The lowest BCUT2D eigenvalue weighted by Gasteiger charge is -2.11. The van der Waals surface area contributed by atoms with E-state index in [0.717, 1.165) is 4.88 Å². The smallest absolute Gasteiger partial charge is 0.271 e. The Labute approximate surface area is 126 Å². The van der Waals surface area contributed by atoms with Gasteiger partial charge in [0.05, 0.1) is 10.6 Å². The van der Waals surface area contributed by atoms with Gasteiger partial charge >= 0.3 is 0 Å². The van der Waals surface area contributed by atoms with Gasteiger partial charge in [-0.3, -0.25) is 14.9 Å². The Balaban J connectivity index is 2.19. The molecular formula is C12H10BrN3O3S. The predicted octanol–water partition coefficient (Wildman–Crippen LogP) is 3.06. The number of nitrogens with one attached hydrogen (secondary N) is 1. The van der Waals surface area contributed by atoms with Gasteiger partial charge in [-0.15, -0.1) is 11.3 Å². The minimum Gasteiger partial charge on any atom is -0.323 e. The van der Waals surface area contributed by atoms with Gasteiger partial charge in [0.2, 0.25) is 5.91 Å². The lowest BCUT2D eigenvalue weighted by molar-refractivity contribution is -0.384. The number of carbonyl (C=O) groups excluding carboxylic acids is 1. The molecule has 2 rings (SSSR count). The van der Waals surface area contributed by atoms with Crippen molar-refractivity contribution in [2.24, 2.45) is 5.73 Å². The Morgan fingerprint density at radius 1 is 1.45 bits per heavy atom. The molecule has 1 amide bonds. The first-order valence-electron chi connectivity index (χ1n) is 5.53. The maximum Gasteiger partial charge on any atom is 0.271 e. The Morgan fingerprint density at radius 2 is 2.20 bits per heavy atom. The second-order valence-corrected chi connectivity index (χ2v) is 5.74. The number of nitro benzene ring substituents is 1. The maximum atomic E-state index is 12.0. The fourth-order valence-electron chi connectivity index (χ4n) is 1.53. The summed E-state index contributed by atoms with van der Waals surface area (Å²) < 4.78 is 0.551. The van der Waals surface area contributed by atoms with Crippen molar-refractivity contribution < 1.29 is 9.72 Å². The molecule has 0 spiro atoms. The summed E-state index contributed by atoms with van der Waals surface area (Å²) in [5.41, 5.74) is 6.04. The van der Waals surface area contributed by atoms with Crippen molar-refractivity contribution in [2.75, 3.05) is 5.32 Å². The van der Waals surface area contributed by atoms with Crippen molar-refractivity contribution in [3.8, 4) is 0 Å². The van der Waals surface area contributed by atoms with Crippen LogP contribution in [0.3, 0.4) is 0 Å². The number of hydrogen-bond acceptors (Lipinski definition) is 5. The van der Waals surface area contributed by atoms with Gasteiger partial charge < -0.3 is 11.1 Å². The number of nitrogens with two attached hydrogens (primary N) is 1. The summed E-state index contributed by atoms with van der Waals surface area (Å²) in [6.45, 7) is 0. The molecule has 20 heavy (non-hydrogen) atoms. The molecule has 0 aliphatic rings. The molecule has 0 aliphatic heterocycles. The second-order valence-electron chi connectivity index (χ2n) is 3.90. The third kappa shape index (κ3) is 3.21. The van der Waals surface area contributed by atoms with E-state index >= 15 is 0 Å². The van der Waals surface area contributed by atoms with Crippen LogP contribution in [0.1, 0.15) is 10.9 Å². The fourth-order valence-corrected chi connectivity index (χ4v) is 2.60. The van der Waals surface area contributed by atoms with Gasteiger partial charge in [0.15, 0.2) is 0 Å². The number of carbonyl (C=O) groups is 1. The van der Waals surface area contributed by atoms with E-state index in [0.29, 0.717) is 10.2 Å². The van der Waals surface area contributed by atoms with Crippen LogP contribution in [0.4, 0.5) is 11.4 Å². The van der Waals surface area contributed by atoms with Crippen LogP contribution in [0.2, 0.25) is 0 Å². The van der Waals surface area contributed by atoms with Gasteiger partial charge in [-0.2, -0.15) is 0 Å². The Kier molecular flexibility index (Phi) is 4.48. The molecule has 0 saturated heterocycles. The zero-order valence-electron chi connectivity index (χ0n) is 10.1. The Hall–Kier alpha value is -1.77. The molecule has 1 aromatic carbocycles. The van der Waals surface area contributed by atoms with Gasteiger partial charge in [0.1, 0.15) is 6.04 Å². The second kappa shape index (κ2) is 6.12. The zero-order chi connectivity index (χ0) is 14.7. The summed E-state index contributed by atoms with van der Waals surface area (Å²) in [5, 5.41) is 15.1. The van der Waals surface area contributed by atoms with Crippen molar-refractivity contribution in [1.82, 2.24) is 0 Å². The van der Waals surface area contributed by atoms with Crippen LogP contribution < -0.4 is 11.1 Å². The topological polar surface area (TPSA) is 98.3 Å². The Morgan fingerprint density at radius 3 is 2.80 bits per heavy atom. The molecule has 0 radical (unpaired) electrons. The highest BCUT2D eigenvalue weighted by Crippen LogP contribution is 2.28. The molecule has 2 aromatic rings. The largest absolute Gasteiger partial charge is 0.323 e. The first kappa shape index (κ1) is 14.6. The number of non-ortho nitro benzene ring substituents is 1. The van der Waals surface area contributed by atoms with Crippen molar-refractivity contribution in [3.05, 3.63) is 55.2 Å². The molecule has 6 nitrogen and oxygen atoms in total. The number of thiophene rings is 1. The van der Waals surface area contributed by atoms with E-state index < -0.39 is 16.9 Å². The highest BCUT2D eigenvalue weighted by atomic mass is 79.9. The van der Waals surface area contributed by atoms with Crippen molar-refractivity contribution in [2.45, 2.75) is 6.04 Å². The van der Waals surface area contributed by atoms with Gasteiger partial charge in [-0.1, -0.05) is 6.07 Å². The average Bonchev–Trinajstić information content (AvgIpc) is 2.94. The van der Waals surface area contributed by atoms with Crippen LogP contribution in [0.5, 0.6) is 0 Å². The quantitative estimate of drug-likeness (QED) is 0.650. The van der Waals surface area contributed by atoms with Gasteiger partial charge in [-0.25, -0.2) is 0 Å². The summed E-state index contributed by atoms with van der Waals surface area (Å²) in [5.74, 6) is -0.423. The van der Waals surface area contributed by atoms with E-state index in [2.05, 4.69) is 21.2 Å². The minimum absolute atomic E-state index is 0.104. The summed E-state index contributed by atoms with van der Waals surface area (Å²) in [4.78, 5) is 22.9. The molecule has 1 unspecified atom stereocenters. The fraction of sp³-hybridized carbons (Fsp3) is 0.0833. The number of benzene rings is 1. The van der Waals surface area contributed by atoms with Gasteiger partial charge in [0, 0.05) is 21.5 Å². The van der Waals surface area contributed by atoms with Crippen molar-refractivity contribution >= 4 is 44.5 Å². The molecule has 1 aromatic heterocycles. The van der Waals surface area contributed by atoms with Crippen LogP contribution in [0.25, 0.3) is 0 Å². The number of nitro groups is 1. The summed E-state index contributed by atoms with van der Waals surface area (Å²) in [6, 6.07) is 6.89. The van der Waals surface area contributed by atoms with Crippen LogP contribution >= 0.6 is 27.3 Å². The first-order chi connectivity index (χ1) is 9.49. The van der Waals surface area contributed by atoms with Crippen LogP contribution in [0, 0.1) is 10.1 Å². The number of amides is 1. The van der Waals surface area contributed by atoms with E-state index in [9.17, 15) is 14.9 Å². The monoisotopic (exact) mass is 355 g/mol. The van der Waals surface area contributed by atoms with Gasteiger partial charge in [0.25, 0.3) is 5.69 Å².